The monoisotopic (exact) mass is 633 g/mol. The first-order valence-electron chi connectivity index (χ1n) is 14.6. The lowest BCUT2D eigenvalue weighted by Gasteiger charge is -2.31. The first kappa shape index (κ1) is 30.1. The van der Waals surface area contributed by atoms with Crippen molar-refractivity contribution >= 4 is 33.0 Å². The smallest absolute Gasteiger partial charge is 0.252 e. The number of amides is 1. The van der Waals surface area contributed by atoms with Crippen LogP contribution in [0.15, 0.2) is 100 Å². The summed E-state index contributed by atoms with van der Waals surface area (Å²) in [5, 5.41) is 6.44. The summed E-state index contributed by atoms with van der Waals surface area (Å²) < 4.78 is 33.8. The summed E-state index contributed by atoms with van der Waals surface area (Å²) in [5.41, 5.74) is 5.26. The molecule has 0 atom stereocenters. The number of rotatable bonds is 10. The highest BCUT2D eigenvalue weighted by Gasteiger charge is 2.30. The summed E-state index contributed by atoms with van der Waals surface area (Å²) >= 11 is 1.19. The van der Waals surface area contributed by atoms with E-state index in [-0.39, 0.29) is 18.5 Å². The van der Waals surface area contributed by atoms with Crippen LogP contribution in [0.3, 0.4) is 0 Å². The van der Waals surface area contributed by atoms with Gasteiger partial charge in [0.15, 0.2) is 5.76 Å². The minimum Gasteiger partial charge on any atom is -0.497 e. The molecule has 2 aliphatic heterocycles. The molecular weight excluding hydrogens is 599 g/mol. The molecule has 3 aliphatic rings. The summed E-state index contributed by atoms with van der Waals surface area (Å²) in [6.07, 6.45) is 9.32. The summed E-state index contributed by atoms with van der Waals surface area (Å²) in [7, 11) is -2.05. The van der Waals surface area contributed by atoms with Crippen molar-refractivity contribution in [2.75, 3.05) is 32.1 Å². The van der Waals surface area contributed by atoms with E-state index in [1.807, 2.05) is 6.08 Å². The minimum absolute atomic E-state index is 0.197. The van der Waals surface area contributed by atoms with Crippen molar-refractivity contribution in [3.05, 3.63) is 112 Å². The average molecular weight is 634 g/mol. The topological polar surface area (TPSA) is 106 Å². The molecule has 2 N–H and O–H groups in total. The molecular formula is C33H35N3O6S2. The van der Waals surface area contributed by atoms with Crippen LogP contribution in [0.2, 0.25) is 0 Å². The molecule has 1 amide bonds. The second kappa shape index (κ2) is 13.4. The van der Waals surface area contributed by atoms with Gasteiger partial charge in [-0.15, -0.1) is 11.3 Å². The van der Waals surface area contributed by atoms with E-state index in [9.17, 15) is 13.2 Å². The number of carbonyl (C=O) groups is 1. The van der Waals surface area contributed by atoms with Crippen molar-refractivity contribution < 1.29 is 27.7 Å². The molecule has 44 heavy (non-hydrogen) atoms. The standard InChI is InChI=1S/C33H35N3O6S2/c1-40-29-4-2-3-26(21-29)33(37)34-22-30-10-12-32(43-30)44(38,39)36-16-13-28(14-17-36)35-27-8-5-23(6-9-27)19-24-7-11-31-25(20-24)15-18-41-42-31/h2-12,15,21,28,35H,13-14,16-20,22H2,1H3,(H,34,37). The van der Waals surface area contributed by atoms with Crippen LogP contribution in [-0.4, -0.2) is 51.5 Å². The lowest BCUT2D eigenvalue weighted by molar-refractivity contribution is -0.255. The van der Waals surface area contributed by atoms with Crippen LogP contribution in [0.1, 0.15) is 40.1 Å². The highest BCUT2D eigenvalue weighted by Crippen LogP contribution is 2.31. The van der Waals surface area contributed by atoms with Gasteiger partial charge in [0, 0.05) is 40.8 Å². The number of anilines is 1. The van der Waals surface area contributed by atoms with Crippen molar-refractivity contribution in [2.24, 2.45) is 0 Å². The number of hydrogen-bond donors (Lipinski definition) is 2. The molecule has 1 saturated heterocycles. The number of fused-ring (bicyclic) bond motifs is 1. The number of thiophene rings is 1. The second-order valence-electron chi connectivity index (χ2n) is 11.0. The van der Waals surface area contributed by atoms with E-state index in [1.54, 1.807) is 47.8 Å². The average Bonchev–Trinajstić information content (AvgIpc) is 3.55. The van der Waals surface area contributed by atoms with Gasteiger partial charge in [-0.25, -0.2) is 8.42 Å². The van der Waals surface area contributed by atoms with Gasteiger partial charge in [0.25, 0.3) is 15.9 Å². The highest BCUT2D eigenvalue weighted by atomic mass is 32.2. The number of nitrogens with zero attached hydrogens (tertiary/aromatic N) is 1. The number of hydrogen-bond acceptors (Lipinski definition) is 8. The number of sulfonamides is 1. The third-order valence-electron chi connectivity index (χ3n) is 7.95. The Kier molecular flexibility index (Phi) is 9.17. The first-order chi connectivity index (χ1) is 21.4. The van der Waals surface area contributed by atoms with Crippen LogP contribution in [0.4, 0.5) is 5.69 Å². The second-order valence-corrected chi connectivity index (χ2v) is 14.3. The fraction of sp³-hybridized carbons (Fsp3) is 0.303. The third kappa shape index (κ3) is 7.07. The Morgan fingerprint density at radius 1 is 1.07 bits per heavy atom. The van der Waals surface area contributed by atoms with Crippen molar-refractivity contribution in [1.29, 1.82) is 0 Å². The van der Waals surface area contributed by atoms with Crippen molar-refractivity contribution in [2.45, 2.75) is 42.5 Å². The number of nitrogens with one attached hydrogen (secondary N) is 2. The maximum Gasteiger partial charge on any atom is 0.252 e. The molecule has 3 heterocycles. The number of allylic oxidation sites excluding steroid dienone is 4. The normalized spacial score (nSPS) is 17.4. The van der Waals surface area contributed by atoms with Crippen molar-refractivity contribution in [1.82, 2.24) is 9.62 Å². The van der Waals surface area contributed by atoms with E-state index in [4.69, 9.17) is 14.5 Å². The molecule has 0 radical (unpaired) electrons. The van der Waals surface area contributed by atoms with Crippen LogP contribution in [-0.2, 0) is 32.8 Å². The van der Waals surface area contributed by atoms with Gasteiger partial charge < -0.3 is 20.3 Å². The fourth-order valence-electron chi connectivity index (χ4n) is 5.51. The molecule has 2 aromatic carbocycles. The van der Waals surface area contributed by atoms with E-state index in [0.29, 0.717) is 35.2 Å². The number of piperidine rings is 1. The van der Waals surface area contributed by atoms with Gasteiger partial charge >= 0.3 is 0 Å². The van der Waals surface area contributed by atoms with Gasteiger partial charge in [-0.3, -0.25) is 4.79 Å². The third-order valence-corrected chi connectivity index (χ3v) is 11.4. The number of benzene rings is 2. The molecule has 0 unspecified atom stereocenters. The first-order valence-corrected chi connectivity index (χ1v) is 16.9. The molecule has 3 aromatic rings. The van der Waals surface area contributed by atoms with Gasteiger partial charge in [-0.1, -0.05) is 29.8 Å². The Balaban J connectivity index is 0.975. The zero-order valence-electron chi connectivity index (χ0n) is 24.5. The van der Waals surface area contributed by atoms with Gasteiger partial charge in [0.1, 0.15) is 16.6 Å². The Hall–Kier alpha value is -3.90. The zero-order valence-corrected chi connectivity index (χ0v) is 26.1. The van der Waals surface area contributed by atoms with E-state index < -0.39 is 10.0 Å². The van der Waals surface area contributed by atoms with Gasteiger partial charge in [0.05, 0.1) is 13.7 Å². The Labute approximate surface area is 261 Å². The van der Waals surface area contributed by atoms with Gasteiger partial charge in [-0.2, -0.15) is 9.19 Å². The summed E-state index contributed by atoms with van der Waals surface area (Å²) in [6.45, 7) is 1.63. The van der Waals surface area contributed by atoms with Gasteiger partial charge in [-0.05, 0) is 85.9 Å². The minimum atomic E-state index is -3.60. The van der Waals surface area contributed by atoms with Crippen LogP contribution in [0.5, 0.6) is 5.75 Å². The molecule has 0 spiro atoms. The Morgan fingerprint density at radius 3 is 2.68 bits per heavy atom. The summed E-state index contributed by atoms with van der Waals surface area (Å²) in [5.74, 6) is 1.15. The van der Waals surface area contributed by atoms with Crippen LogP contribution >= 0.6 is 11.3 Å². The molecule has 0 bridgehead atoms. The lowest BCUT2D eigenvalue weighted by Crippen LogP contribution is -2.42. The fourth-order valence-corrected chi connectivity index (χ4v) is 8.43. The predicted molar refractivity (Wildman–Crippen MR) is 170 cm³/mol. The maximum atomic E-state index is 13.4. The molecule has 6 rings (SSSR count). The highest BCUT2D eigenvalue weighted by molar-refractivity contribution is 7.91. The number of ether oxygens (including phenoxy) is 1. The molecule has 11 heteroatoms. The van der Waals surface area contributed by atoms with Crippen LogP contribution < -0.4 is 15.4 Å². The quantitative estimate of drug-likeness (QED) is 0.280. The SMILES string of the molecule is COc1cccc(C(=O)NCc2ccc(S(=O)(=O)N3CCC(Nc4ccc(CC5=CC=C6OOCC=C6C5)cc4)CC3)s2)c1. The molecule has 1 aliphatic carbocycles. The van der Waals surface area contributed by atoms with Crippen molar-refractivity contribution in [3.63, 3.8) is 0 Å². The molecule has 9 nitrogen and oxygen atoms in total. The molecule has 0 saturated carbocycles. The summed E-state index contributed by atoms with van der Waals surface area (Å²) in [4.78, 5) is 23.6. The summed E-state index contributed by atoms with van der Waals surface area (Å²) in [6, 6.07) is 19.0. The van der Waals surface area contributed by atoms with Gasteiger partial charge in [0.2, 0.25) is 0 Å². The van der Waals surface area contributed by atoms with E-state index in [2.05, 4.69) is 47.1 Å². The van der Waals surface area contributed by atoms with E-state index in [0.717, 1.165) is 42.0 Å². The predicted octanol–water partition coefficient (Wildman–Crippen LogP) is 5.60. The molecule has 1 aromatic heterocycles. The van der Waals surface area contributed by atoms with E-state index in [1.165, 1.54) is 28.0 Å². The largest absolute Gasteiger partial charge is 0.497 e. The maximum absolute atomic E-state index is 13.4. The molecule has 1 fully saturated rings. The van der Waals surface area contributed by atoms with Crippen molar-refractivity contribution in [3.8, 4) is 5.75 Å². The number of carbonyl (C=O) groups excluding carboxylic acids is 1. The zero-order chi connectivity index (χ0) is 30.5. The Bertz CT molecular complexity index is 1700. The van der Waals surface area contributed by atoms with Crippen LogP contribution in [0, 0.1) is 0 Å². The lowest BCUT2D eigenvalue weighted by atomic mass is 9.93. The number of methoxy groups -OCH3 is 1. The molecule has 230 valence electrons. The van der Waals surface area contributed by atoms with E-state index >= 15 is 0 Å². The van der Waals surface area contributed by atoms with Crippen LogP contribution in [0.25, 0.3) is 0 Å². The Morgan fingerprint density at radius 2 is 1.89 bits per heavy atom.